The molecule has 0 aliphatic carbocycles. The van der Waals surface area contributed by atoms with Gasteiger partial charge in [-0.1, -0.05) is 0 Å². The quantitative estimate of drug-likeness (QED) is 0.671. The summed E-state index contributed by atoms with van der Waals surface area (Å²) in [6.45, 7) is 0.627. The van der Waals surface area contributed by atoms with Gasteiger partial charge in [0.2, 0.25) is 0 Å². The molecule has 4 heteroatoms. The summed E-state index contributed by atoms with van der Waals surface area (Å²) >= 11 is 4.75. The Kier molecular flexibility index (Phi) is 2.48. The largest absolute Gasteiger partial charge is 0.467 e. The summed E-state index contributed by atoms with van der Waals surface area (Å²) in [5, 5.41) is 0.376. The number of nitrogens with zero attached hydrogens (tertiary/aromatic N) is 1. The molecule has 0 atom stereocenters. The number of thiocarbonyl (C=S) groups is 1. The van der Waals surface area contributed by atoms with Gasteiger partial charge in [0.1, 0.15) is 5.76 Å². The Morgan fingerprint density at radius 1 is 1.82 bits per heavy atom. The minimum atomic E-state index is 0.376. The predicted octanol–water partition coefficient (Wildman–Crippen LogP) is 0.955. The standard InChI is InChI=1S/C7H10N2OS/c1-9(7(8)11)5-6-3-2-4-10-6/h2-4H,5H2,1H3,(H2,8,11). The van der Waals surface area contributed by atoms with Crippen molar-refractivity contribution in [2.24, 2.45) is 5.73 Å². The highest BCUT2D eigenvalue weighted by Gasteiger charge is 2.01. The number of hydrogen-bond acceptors (Lipinski definition) is 2. The van der Waals surface area contributed by atoms with Crippen molar-refractivity contribution in [1.29, 1.82) is 0 Å². The first kappa shape index (κ1) is 8.07. The summed E-state index contributed by atoms with van der Waals surface area (Å²) in [6.07, 6.45) is 1.63. The van der Waals surface area contributed by atoms with E-state index < -0.39 is 0 Å². The predicted molar refractivity (Wildman–Crippen MR) is 47.0 cm³/mol. The molecule has 0 aliphatic heterocycles. The summed E-state index contributed by atoms with van der Waals surface area (Å²) < 4.78 is 5.10. The van der Waals surface area contributed by atoms with E-state index >= 15 is 0 Å². The smallest absolute Gasteiger partial charge is 0.166 e. The molecule has 0 amide bonds. The SMILES string of the molecule is CN(Cc1ccco1)C(N)=S. The van der Waals surface area contributed by atoms with Gasteiger partial charge in [0.05, 0.1) is 12.8 Å². The molecule has 0 bridgehead atoms. The maximum atomic E-state index is 5.37. The van der Waals surface area contributed by atoms with E-state index in [1.165, 1.54) is 0 Å². The van der Waals surface area contributed by atoms with Crippen molar-refractivity contribution in [2.45, 2.75) is 6.54 Å². The van der Waals surface area contributed by atoms with E-state index in [9.17, 15) is 0 Å². The van der Waals surface area contributed by atoms with E-state index in [-0.39, 0.29) is 0 Å². The van der Waals surface area contributed by atoms with Crippen molar-refractivity contribution >= 4 is 17.3 Å². The van der Waals surface area contributed by atoms with Crippen LogP contribution in [0.25, 0.3) is 0 Å². The topological polar surface area (TPSA) is 42.4 Å². The second-order valence-electron chi connectivity index (χ2n) is 2.27. The number of furan rings is 1. The van der Waals surface area contributed by atoms with Gasteiger partial charge in [0, 0.05) is 7.05 Å². The molecular weight excluding hydrogens is 160 g/mol. The molecule has 1 rings (SSSR count). The van der Waals surface area contributed by atoms with Crippen LogP contribution in [-0.2, 0) is 6.54 Å². The van der Waals surface area contributed by atoms with Gasteiger partial charge < -0.3 is 15.1 Å². The van der Waals surface area contributed by atoms with E-state index in [0.717, 1.165) is 5.76 Å². The van der Waals surface area contributed by atoms with Crippen LogP contribution in [0, 0.1) is 0 Å². The molecule has 0 saturated carbocycles. The Morgan fingerprint density at radius 3 is 3.00 bits per heavy atom. The maximum absolute atomic E-state index is 5.37. The highest BCUT2D eigenvalue weighted by Crippen LogP contribution is 2.02. The van der Waals surface area contributed by atoms with Crippen molar-refractivity contribution in [3.8, 4) is 0 Å². The average Bonchev–Trinajstić information content (AvgIpc) is 2.39. The van der Waals surface area contributed by atoms with Gasteiger partial charge in [-0.3, -0.25) is 0 Å². The molecular formula is C7H10N2OS. The second-order valence-corrected chi connectivity index (χ2v) is 2.69. The third-order valence-corrected chi connectivity index (χ3v) is 1.66. The normalized spacial score (nSPS) is 9.55. The first-order valence-corrected chi connectivity index (χ1v) is 3.64. The summed E-state index contributed by atoms with van der Waals surface area (Å²) in [5.41, 5.74) is 5.37. The lowest BCUT2D eigenvalue weighted by atomic mass is 10.4. The second kappa shape index (κ2) is 3.39. The van der Waals surface area contributed by atoms with Crippen LogP contribution in [0.2, 0.25) is 0 Å². The van der Waals surface area contributed by atoms with E-state index in [4.69, 9.17) is 22.4 Å². The molecule has 0 aliphatic rings. The van der Waals surface area contributed by atoms with Crippen molar-refractivity contribution in [1.82, 2.24) is 4.90 Å². The third-order valence-electron chi connectivity index (χ3n) is 1.35. The van der Waals surface area contributed by atoms with E-state index in [0.29, 0.717) is 11.7 Å². The average molecular weight is 170 g/mol. The Hall–Kier alpha value is -1.03. The zero-order chi connectivity index (χ0) is 8.27. The Labute approximate surface area is 70.8 Å². The van der Waals surface area contributed by atoms with Crippen LogP contribution in [0.5, 0.6) is 0 Å². The Balaban J connectivity index is 2.50. The highest BCUT2D eigenvalue weighted by atomic mass is 32.1. The molecule has 3 nitrogen and oxygen atoms in total. The van der Waals surface area contributed by atoms with Crippen LogP contribution in [0.3, 0.4) is 0 Å². The summed E-state index contributed by atoms with van der Waals surface area (Å²) in [4.78, 5) is 1.74. The monoisotopic (exact) mass is 170 g/mol. The molecule has 0 aromatic carbocycles. The zero-order valence-electron chi connectivity index (χ0n) is 6.28. The minimum Gasteiger partial charge on any atom is -0.467 e. The summed E-state index contributed by atoms with van der Waals surface area (Å²) in [6, 6.07) is 3.72. The summed E-state index contributed by atoms with van der Waals surface area (Å²) in [7, 11) is 1.82. The highest BCUT2D eigenvalue weighted by molar-refractivity contribution is 7.80. The number of rotatable bonds is 2. The lowest BCUT2D eigenvalue weighted by molar-refractivity contribution is 0.412. The molecule has 2 N–H and O–H groups in total. The third kappa shape index (κ3) is 2.23. The van der Waals surface area contributed by atoms with Crippen LogP contribution in [0.4, 0.5) is 0 Å². The fraction of sp³-hybridized carbons (Fsp3) is 0.286. The van der Waals surface area contributed by atoms with Crippen molar-refractivity contribution in [2.75, 3.05) is 7.05 Å². The molecule has 0 saturated heterocycles. The van der Waals surface area contributed by atoms with Crippen molar-refractivity contribution in [3.63, 3.8) is 0 Å². The Morgan fingerprint density at radius 2 is 2.55 bits per heavy atom. The van der Waals surface area contributed by atoms with Gasteiger partial charge in [-0.25, -0.2) is 0 Å². The van der Waals surface area contributed by atoms with Gasteiger partial charge in [0.25, 0.3) is 0 Å². The van der Waals surface area contributed by atoms with Crippen LogP contribution >= 0.6 is 12.2 Å². The van der Waals surface area contributed by atoms with Gasteiger partial charge in [0.15, 0.2) is 5.11 Å². The fourth-order valence-electron chi connectivity index (χ4n) is 0.714. The molecule has 1 aromatic heterocycles. The maximum Gasteiger partial charge on any atom is 0.166 e. The van der Waals surface area contributed by atoms with E-state index in [2.05, 4.69) is 0 Å². The molecule has 1 heterocycles. The molecule has 1 aromatic rings. The zero-order valence-corrected chi connectivity index (χ0v) is 7.10. The summed E-state index contributed by atoms with van der Waals surface area (Å²) in [5.74, 6) is 0.861. The minimum absolute atomic E-state index is 0.376. The number of hydrogen-bond donors (Lipinski definition) is 1. The number of nitrogens with two attached hydrogens (primary N) is 1. The van der Waals surface area contributed by atoms with Gasteiger partial charge in [-0.05, 0) is 24.4 Å². The molecule has 0 fully saturated rings. The lowest BCUT2D eigenvalue weighted by Gasteiger charge is -2.14. The van der Waals surface area contributed by atoms with Crippen LogP contribution < -0.4 is 5.73 Å². The fourth-order valence-corrected chi connectivity index (χ4v) is 0.779. The van der Waals surface area contributed by atoms with Gasteiger partial charge in [-0.2, -0.15) is 0 Å². The molecule has 0 spiro atoms. The Bertz CT molecular complexity index is 233. The molecule has 0 radical (unpaired) electrons. The van der Waals surface area contributed by atoms with Crippen LogP contribution in [-0.4, -0.2) is 17.1 Å². The van der Waals surface area contributed by atoms with Crippen LogP contribution in [0.15, 0.2) is 22.8 Å². The van der Waals surface area contributed by atoms with E-state index in [1.54, 1.807) is 11.2 Å². The molecule has 0 unspecified atom stereocenters. The van der Waals surface area contributed by atoms with Crippen molar-refractivity contribution < 1.29 is 4.42 Å². The van der Waals surface area contributed by atoms with Crippen molar-refractivity contribution in [3.05, 3.63) is 24.2 Å². The first-order valence-electron chi connectivity index (χ1n) is 3.23. The van der Waals surface area contributed by atoms with Crippen LogP contribution in [0.1, 0.15) is 5.76 Å². The van der Waals surface area contributed by atoms with Gasteiger partial charge >= 0.3 is 0 Å². The van der Waals surface area contributed by atoms with Gasteiger partial charge in [-0.15, -0.1) is 0 Å². The molecule has 60 valence electrons. The lowest BCUT2D eigenvalue weighted by Crippen LogP contribution is -2.30. The first-order chi connectivity index (χ1) is 5.20. The molecule has 11 heavy (non-hydrogen) atoms. The van der Waals surface area contributed by atoms with E-state index in [1.807, 2.05) is 19.2 Å².